The van der Waals surface area contributed by atoms with Crippen molar-refractivity contribution in [3.05, 3.63) is 60.7 Å². The van der Waals surface area contributed by atoms with Crippen LogP contribution in [0.3, 0.4) is 0 Å². The van der Waals surface area contributed by atoms with Crippen molar-refractivity contribution in [2.45, 2.75) is 9.56 Å². The zero-order chi connectivity index (χ0) is 17.3. The summed E-state index contributed by atoms with van der Waals surface area (Å²) in [6.45, 7) is 0. The fourth-order valence-electron chi connectivity index (χ4n) is 2.47. The van der Waals surface area contributed by atoms with Crippen molar-refractivity contribution in [3.8, 4) is 23.0 Å². The monoisotopic (exact) mass is 378 g/mol. The number of nitrogens with zero attached hydrogens (tertiary/aromatic N) is 4. The quantitative estimate of drug-likeness (QED) is 0.428. The Morgan fingerprint density at radius 1 is 0.885 bits per heavy atom. The van der Waals surface area contributed by atoms with Crippen molar-refractivity contribution in [3.63, 3.8) is 0 Å². The molecule has 0 aliphatic rings. The van der Waals surface area contributed by atoms with E-state index in [0.29, 0.717) is 22.7 Å². The first kappa shape index (κ1) is 15.3. The normalized spacial score (nSPS) is 11.2. The maximum atomic E-state index is 5.75. The van der Waals surface area contributed by atoms with E-state index in [0.717, 1.165) is 20.9 Å². The zero-order valence-corrected chi connectivity index (χ0v) is 14.8. The molecule has 8 heteroatoms. The average Bonchev–Trinajstić information content (AvgIpc) is 3.42. The summed E-state index contributed by atoms with van der Waals surface area (Å²) < 4.78 is 16.6. The molecule has 0 radical (unpaired) electrons. The number of furan rings is 1. The van der Waals surface area contributed by atoms with Gasteiger partial charge in [-0.05, 0) is 23.7 Å². The molecular weight excluding hydrogens is 368 g/mol. The third-order valence-electron chi connectivity index (χ3n) is 3.66. The second-order valence-electron chi connectivity index (χ2n) is 5.37. The Kier molecular flexibility index (Phi) is 3.76. The Hall–Kier alpha value is -2.97. The van der Waals surface area contributed by atoms with Crippen LogP contribution in [0.2, 0.25) is 0 Å². The molecule has 126 valence electrons. The largest absolute Gasteiger partial charge is 0.451 e. The van der Waals surface area contributed by atoms with Crippen LogP contribution in [-0.4, -0.2) is 19.6 Å². The van der Waals surface area contributed by atoms with Crippen LogP contribution in [0.15, 0.2) is 79.1 Å². The molecule has 0 amide bonds. The van der Waals surface area contributed by atoms with Gasteiger partial charge in [0.05, 0.1) is 0 Å². The first-order chi connectivity index (χ1) is 12.8. The van der Waals surface area contributed by atoms with Gasteiger partial charge in [0.1, 0.15) is 5.58 Å². The summed E-state index contributed by atoms with van der Waals surface area (Å²) in [4.78, 5) is 4.51. The van der Waals surface area contributed by atoms with Gasteiger partial charge < -0.3 is 8.83 Å². The predicted molar refractivity (Wildman–Crippen MR) is 99.0 cm³/mol. The molecule has 0 saturated heterocycles. The SMILES string of the molecule is c1ccc(-c2nsc(Sc3nnc(-c4cc5ccccc5o4)o3)n2)cc1. The Morgan fingerprint density at radius 2 is 1.73 bits per heavy atom. The Bertz CT molecular complexity index is 1150. The third-order valence-corrected chi connectivity index (χ3v) is 5.25. The molecule has 0 bridgehead atoms. The Labute approximate surface area is 156 Å². The van der Waals surface area contributed by atoms with Gasteiger partial charge in [-0.15, -0.1) is 10.2 Å². The molecule has 0 N–H and O–H groups in total. The lowest BCUT2D eigenvalue weighted by Gasteiger charge is -1.92. The van der Waals surface area contributed by atoms with Crippen molar-refractivity contribution in [1.82, 2.24) is 19.6 Å². The third kappa shape index (κ3) is 2.89. The van der Waals surface area contributed by atoms with Crippen LogP contribution in [0.5, 0.6) is 0 Å². The lowest BCUT2D eigenvalue weighted by atomic mass is 10.2. The molecule has 6 nitrogen and oxygen atoms in total. The molecule has 26 heavy (non-hydrogen) atoms. The first-order valence-electron chi connectivity index (χ1n) is 7.74. The van der Waals surface area contributed by atoms with E-state index in [1.807, 2.05) is 60.7 Å². The minimum Gasteiger partial charge on any atom is -0.451 e. The highest BCUT2D eigenvalue weighted by molar-refractivity contribution is 8.00. The number of benzene rings is 2. The molecule has 0 aliphatic heterocycles. The standard InChI is InChI=1S/C18H10N4O2S2/c1-2-6-11(7-3-1)15-19-18(26-22-15)25-17-21-20-16(24-17)14-10-12-8-4-5-9-13(12)23-14/h1-10H. The highest BCUT2D eigenvalue weighted by Crippen LogP contribution is 2.33. The molecule has 0 saturated carbocycles. The summed E-state index contributed by atoms with van der Waals surface area (Å²) in [5, 5.41) is 9.52. The van der Waals surface area contributed by atoms with Gasteiger partial charge in [-0.1, -0.05) is 48.5 Å². The molecule has 2 aromatic carbocycles. The minimum absolute atomic E-state index is 0.344. The second kappa shape index (κ2) is 6.40. The fraction of sp³-hybridized carbons (Fsp3) is 0. The summed E-state index contributed by atoms with van der Waals surface area (Å²) in [7, 11) is 0. The van der Waals surface area contributed by atoms with E-state index in [-0.39, 0.29) is 0 Å². The Morgan fingerprint density at radius 3 is 2.62 bits per heavy atom. The Balaban J connectivity index is 1.38. The average molecular weight is 378 g/mol. The summed E-state index contributed by atoms with van der Waals surface area (Å²) in [5.74, 6) is 1.58. The van der Waals surface area contributed by atoms with E-state index >= 15 is 0 Å². The highest BCUT2D eigenvalue weighted by atomic mass is 32.2. The number of rotatable bonds is 4. The molecule has 0 aliphatic carbocycles. The van der Waals surface area contributed by atoms with Crippen molar-refractivity contribution in [1.29, 1.82) is 0 Å². The molecule has 0 spiro atoms. The van der Waals surface area contributed by atoms with Crippen LogP contribution in [0.1, 0.15) is 0 Å². The van der Waals surface area contributed by atoms with Gasteiger partial charge in [-0.2, -0.15) is 4.37 Å². The number of para-hydroxylation sites is 1. The molecule has 0 fully saturated rings. The highest BCUT2D eigenvalue weighted by Gasteiger charge is 2.16. The predicted octanol–water partition coefficient (Wildman–Crippen LogP) is 5.15. The second-order valence-corrected chi connectivity index (χ2v) is 7.32. The van der Waals surface area contributed by atoms with Crippen molar-refractivity contribution >= 4 is 34.3 Å². The number of hydrogen-bond acceptors (Lipinski definition) is 8. The van der Waals surface area contributed by atoms with Crippen LogP contribution in [-0.2, 0) is 0 Å². The van der Waals surface area contributed by atoms with Gasteiger partial charge in [0.15, 0.2) is 15.9 Å². The summed E-state index contributed by atoms with van der Waals surface area (Å²) >= 11 is 2.59. The van der Waals surface area contributed by atoms with Gasteiger partial charge >= 0.3 is 0 Å². The van der Waals surface area contributed by atoms with E-state index in [9.17, 15) is 0 Å². The minimum atomic E-state index is 0.344. The van der Waals surface area contributed by atoms with Gasteiger partial charge in [0.2, 0.25) is 0 Å². The topological polar surface area (TPSA) is 77.8 Å². The number of hydrogen-bond donors (Lipinski definition) is 0. The van der Waals surface area contributed by atoms with E-state index in [1.165, 1.54) is 23.3 Å². The molecule has 5 aromatic rings. The van der Waals surface area contributed by atoms with Gasteiger partial charge in [-0.3, -0.25) is 0 Å². The summed E-state index contributed by atoms with van der Waals surface area (Å²) in [6.07, 6.45) is 0. The van der Waals surface area contributed by atoms with Gasteiger partial charge in [0.25, 0.3) is 11.1 Å². The molecule has 5 rings (SSSR count). The molecule has 3 aromatic heterocycles. The molecular formula is C18H10N4O2S2. The lowest BCUT2D eigenvalue weighted by Crippen LogP contribution is -1.79. The van der Waals surface area contributed by atoms with Gasteiger partial charge in [-0.25, -0.2) is 4.98 Å². The van der Waals surface area contributed by atoms with Crippen LogP contribution in [0.4, 0.5) is 0 Å². The number of fused-ring (bicyclic) bond motifs is 1. The van der Waals surface area contributed by atoms with Crippen LogP contribution >= 0.6 is 23.3 Å². The van der Waals surface area contributed by atoms with Crippen LogP contribution < -0.4 is 0 Å². The fourth-order valence-corrected chi connectivity index (χ4v) is 3.86. The zero-order valence-electron chi connectivity index (χ0n) is 13.2. The number of aromatic nitrogens is 4. The van der Waals surface area contributed by atoms with E-state index in [2.05, 4.69) is 19.6 Å². The van der Waals surface area contributed by atoms with Crippen LogP contribution in [0.25, 0.3) is 34.0 Å². The maximum absolute atomic E-state index is 5.75. The van der Waals surface area contributed by atoms with E-state index in [4.69, 9.17) is 8.83 Å². The van der Waals surface area contributed by atoms with Crippen molar-refractivity contribution in [2.75, 3.05) is 0 Å². The molecule has 3 heterocycles. The smallest absolute Gasteiger partial charge is 0.284 e. The summed E-state index contributed by atoms with van der Waals surface area (Å²) in [6, 6.07) is 19.5. The van der Waals surface area contributed by atoms with E-state index < -0.39 is 0 Å². The lowest BCUT2D eigenvalue weighted by molar-refractivity contribution is 0.451. The molecule has 0 unspecified atom stereocenters. The summed E-state index contributed by atoms with van der Waals surface area (Å²) in [5.41, 5.74) is 1.76. The van der Waals surface area contributed by atoms with Crippen LogP contribution in [0, 0.1) is 0 Å². The van der Waals surface area contributed by atoms with E-state index in [1.54, 1.807) is 0 Å². The first-order valence-corrected chi connectivity index (χ1v) is 9.33. The van der Waals surface area contributed by atoms with Crippen molar-refractivity contribution < 1.29 is 8.83 Å². The van der Waals surface area contributed by atoms with Gasteiger partial charge in [0, 0.05) is 22.7 Å². The van der Waals surface area contributed by atoms with Crippen molar-refractivity contribution in [2.24, 2.45) is 0 Å². The maximum Gasteiger partial charge on any atom is 0.284 e. The molecule has 0 atom stereocenters.